The third kappa shape index (κ3) is 6.34. The molecule has 0 spiro atoms. The molecule has 0 radical (unpaired) electrons. The first-order valence-corrected chi connectivity index (χ1v) is 8.63. The predicted octanol–water partition coefficient (Wildman–Crippen LogP) is 3.74. The lowest BCUT2D eigenvalue weighted by atomic mass is 10.2. The highest BCUT2D eigenvalue weighted by Gasteiger charge is 2.03. The van der Waals surface area contributed by atoms with E-state index < -0.39 is 0 Å². The van der Waals surface area contributed by atoms with Crippen LogP contribution in [0, 0.1) is 0 Å². The van der Waals surface area contributed by atoms with Crippen LogP contribution < -0.4 is 15.0 Å². The molecule has 2 aromatic carbocycles. The first kappa shape index (κ1) is 18.6. The molecule has 0 saturated heterocycles. The minimum absolute atomic E-state index is 0.0782. The molecule has 1 amide bonds. The Kier molecular flexibility index (Phi) is 7.57. The summed E-state index contributed by atoms with van der Waals surface area (Å²) < 4.78 is 5.17. The number of para-hydroxylation sites is 1. The third-order valence-electron chi connectivity index (χ3n) is 3.93. The molecule has 2 aromatic rings. The Morgan fingerprint density at radius 2 is 1.96 bits per heavy atom. The number of hydrogen-bond acceptors (Lipinski definition) is 3. The normalized spacial score (nSPS) is 10.6. The Bertz CT molecular complexity index is 683. The van der Waals surface area contributed by atoms with Gasteiger partial charge in [0.15, 0.2) is 0 Å². The van der Waals surface area contributed by atoms with E-state index in [4.69, 9.17) is 4.74 Å². The van der Waals surface area contributed by atoms with Crippen LogP contribution in [0.2, 0.25) is 0 Å². The summed E-state index contributed by atoms with van der Waals surface area (Å²) in [5.74, 6) is 0.703. The van der Waals surface area contributed by atoms with E-state index in [1.165, 1.54) is 5.69 Å². The number of anilines is 1. The first-order chi connectivity index (χ1) is 12.2. The Morgan fingerprint density at radius 3 is 2.68 bits per heavy atom. The van der Waals surface area contributed by atoms with Crippen LogP contribution in [0.4, 0.5) is 5.69 Å². The molecule has 0 unspecified atom stereocenters. The van der Waals surface area contributed by atoms with Crippen molar-refractivity contribution in [3.05, 3.63) is 66.2 Å². The smallest absolute Gasteiger partial charge is 0.244 e. The molecule has 132 valence electrons. The summed E-state index contributed by atoms with van der Waals surface area (Å²) in [7, 11) is 1.63. The standard InChI is InChI=1S/C21H26N2O2/c1-3-23(19-10-5-4-6-11-19)16-8-15-22-21(24)14-13-18-9-7-12-20(17-18)25-2/h4-7,9-14,17H,3,8,15-16H2,1-2H3,(H,22,24)/b14-13+. The second-order valence-corrected chi connectivity index (χ2v) is 5.67. The maximum absolute atomic E-state index is 11.9. The van der Waals surface area contributed by atoms with Crippen molar-refractivity contribution in [2.24, 2.45) is 0 Å². The fourth-order valence-electron chi connectivity index (χ4n) is 2.57. The molecule has 4 heteroatoms. The van der Waals surface area contributed by atoms with Gasteiger partial charge in [-0.05, 0) is 49.2 Å². The van der Waals surface area contributed by atoms with Crippen molar-refractivity contribution in [3.63, 3.8) is 0 Å². The summed E-state index contributed by atoms with van der Waals surface area (Å²) in [6, 6.07) is 17.9. The molecule has 0 aromatic heterocycles. The van der Waals surface area contributed by atoms with E-state index in [0.717, 1.165) is 30.8 Å². The summed E-state index contributed by atoms with van der Waals surface area (Å²) in [5, 5.41) is 2.93. The lowest BCUT2D eigenvalue weighted by molar-refractivity contribution is -0.116. The fourth-order valence-corrected chi connectivity index (χ4v) is 2.57. The topological polar surface area (TPSA) is 41.6 Å². The van der Waals surface area contributed by atoms with Crippen LogP contribution in [-0.4, -0.2) is 32.7 Å². The van der Waals surface area contributed by atoms with Crippen LogP contribution in [0.1, 0.15) is 18.9 Å². The lowest BCUT2D eigenvalue weighted by Crippen LogP contribution is -2.29. The number of hydrogen-bond donors (Lipinski definition) is 1. The highest BCUT2D eigenvalue weighted by atomic mass is 16.5. The van der Waals surface area contributed by atoms with E-state index in [2.05, 4.69) is 29.3 Å². The zero-order valence-electron chi connectivity index (χ0n) is 14.9. The van der Waals surface area contributed by atoms with Crippen LogP contribution in [-0.2, 0) is 4.79 Å². The molecule has 0 aliphatic rings. The summed E-state index contributed by atoms with van der Waals surface area (Å²) in [5.41, 5.74) is 2.16. The Labute approximate surface area is 150 Å². The van der Waals surface area contributed by atoms with Gasteiger partial charge in [0.25, 0.3) is 0 Å². The van der Waals surface area contributed by atoms with Gasteiger partial charge in [0.1, 0.15) is 5.75 Å². The first-order valence-electron chi connectivity index (χ1n) is 8.63. The maximum Gasteiger partial charge on any atom is 0.244 e. The largest absolute Gasteiger partial charge is 0.497 e. The number of carbonyl (C=O) groups excluding carboxylic acids is 1. The Hall–Kier alpha value is -2.75. The van der Waals surface area contributed by atoms with Crippen molar-refractivity contribution in [1.29, 1.82) is 0 Å². The van der Waals surface area contributed by atoms with E-state index in [9.17, 15) is 4.79 Å². The average molecular weight is 338 g/mol. The molecule has 0 atom stereocenters. The minimum atomic E-state index is -0.0782. The summed E-state index contributed by atoms with van der Waals surface area (Å²) in [4.78, 5) is 14.2. The molecule has 1 N–H and O–H groups in total. The number of rotatable bonds is 9. The van der Waals surface area contributed by atoms with Gasteiger partial charge in [-0.3, -0.25) is 4.79 Å². The lowest BCUT2D eigenvalue weighted by Gasteiger charge is -2.23. The van der Waals surface area contributed by atoms with Crippen molar-refractivity contribution < 1.29 is 9.53 Å². The second kappa shape index (κ2) is 10.2. The SMILES string of the molecule is CCN(CCCNC(=O)/C=C/c1cccc(OC)c1)c1ccccc1. The average Bonchev–Trinajstić information content (AvgIpc) is 2.67. The number of nitrogens with zero attached hydrogens (tertiary/aromatic N) is 1. The molecule has 0 bridgehead atoms. The minimum Gasteiger partial charge on any atom is -0.497 e. The van der Waals surface area contributed by atoms with Gasteiger partial charge in [-0.1, -0.05) is 30.3 Å². The summed E-state index contributed by atoms with van der Waals surface area (Å²) in [6.45, 7) is 4.67. The van der Waals surface area contributed by atoms with E-state index in [1.54, 1.807) is 19.3 Å². The van der Waals surface area contributed by atoms with E-state index in [-0.39, 0.29) is 5.91 Å². The Balaban J connectivity index is 1.73. The van der Waals surface area contributed by atoms with Gasteiger partial charge >= 0.3 is 0 Å². The van der Waals surface area contributed by atoms with E-state index >= 15 is 0 Å². The highest BCUT2D eigenvalue weighted by Crippen LogP contribution is 2.14. The third-order valence-corrected chi connectivity index (χ3v) is 3.93. The molecule has 0 heterocycles. The van der Waals surface area contributed by atoms with Crippen LogP contribution in [0.3, 0.4) is 0 Å². The van der Waals surface area contributed by atoms with Crippen molar-refractivity contribution in [3.8, 4) is 5.75 Å². The van der Waals surface area contributed by atoms with Crippen LogP contribution in [0.15, 0.2) is 60.7 Å². The fraction of sp³-hybridized carbons (Fsp3) is 0.286. The van der Waals surface area contributed by atoms with Crippen molar-refractivity contribution in [2.45, 2.75) is 13.3 Å². The molecule has 0 aliphatic heterocycles. The number of nitrogens with one attached hydrogen (secondary N) is 1. The van der Waals surface area contributed by atoms with Gasteiger partial charge in [0, 0.05) is 31.4 Å². The quantitative estimate of drug-likeness (QED) is 0.559. The number of carbonyl (C=O) groups is 1. The molecule has 0 saturated carbocycles. The number of ether oxygens (including phenoxy) is 1. The van der Waals surface area contributed by atoms with Gasteiger partial charge in [0.05, 0.1) is 7.11 Å². The van der Waals surface area contributed by atoms with Gasteiger partial charge in [-0.15, -0.1) is 0 Å². The van der Waals surface area contributed by atoms with Crippen molar-refractivity contribution in [1.82, 2.24) is 5.32 Å². The van der Waals surface area contributed by atoms with Crippen LogP contribution in [0.25, 0.3) is 6.08 Å². The zero-order valence-corrected chi connectivity index (χ0v) is 14.9. The number of methoxy groups -OCH3 is 1. The molecule has 0 aliphatic carbocycles. The van der Waals surface area contributed by atoms with Crippen molar-refractivity contribution in [2.75, 3.05) is 31.6 Å². The number of amides is 1. The van der Waals surface area contributed by atoms with Gasteiger partial charge in [-0.25, -0.2) is 0 Å². The molecule has 2 rings (SSSR count). The molecular weight excluding hydrogens is 312 g/mol. The predicted molar refractivity (Wildman–Crippen MR) is 104 cm³/mol. The van der Waals surface area contributed by atoms with E-state index in [0.29, 0.717) is 6.54 Å². The molecular formula is C21H26N2O2. The zero-order chi connectivity index (χ0) is 17.9. The van der Waals surface area contributed by atoms with Gasteiger partial charge in [-0.2, -0.15) is 0 Å². The Morgan fingerprint density at radius 1 is 1.16 bits per heavy atom. The maximum atomic E-state index is 11.9. The second-order valence-electron chi connectivity index (χ2n) is 5.67. The molecule has 4 nitrogen and oxygen atoms in total. The van der Waals surface area contributed by atoms with Gasteiger partial charge in [0.2, 0.25) is 5.91 Å². The molecule has 0 fully saturated rings. The van der Waals surface area contributed by atoms with Crippen molar-refractivity contribution >= 4 is 17.7 Å². The van der Waals surface area contributed by atoms with Crippen LogP contribution in [0.5, 0.6) is 5.75 Å². The monoisotopic (exact) mass is 338 g/mol. The summed E-state index contributed by atoms with van der Waals surface area (Å²) >= 11 is 0. The van der Waals surface area contributed by atoms with E-state index in [1.807, 2.05) is 42.5 Å². The van der Waals surface area contributed by atoms with Crippen LogP contribution >= 0.6 is 0 Å². The summed E-state index contributed by atoms with van der Waals surface area (Å²) in [6.07, 6.45) is 4.26. The van der Waals surface area contributed by atoms with Gasteiger partial charge < -0.3 is 15.0 Å². The number of benzene rings is 2. The highest BCUT2D eigenvalue weighted by molar-refractivity contribution is 5.91. The molecule has 25 heavy (non-hydrogen) atoms.